The quantitative estimate of drug-likeness (QED) is 0.712. The van der Waals surface area contributed by atoms with Gasteiger partial charge in [-0.1, -0.05) is 48.5 Å². The molecule has 1 aliphatic heterocycles. The van der Waals surface area contributed by atoms with Gasteiger partial charge in [-0.05, 0) is 37.0 Å². The van der Waals surface area contributed by atoms with E-state index in [1.807, 2.05) is 29.2 Å². The van der Waals surface area contributed by atoms with E-state index in [0.29, 0.717) is 6.61 Å². The lowest BCUT2D eigenvalue weighted by Gasteiger charge is -2.33. The lowest BCUT2D eigenvalue weighted by Crippen LogP contribution is -2.40. The van der Waals surface area contributed by atoms with Gasteiger partial charge in [0.1, 0.15) is 6.61 Å². The molecule has 0 saturated carbocycles. The molecular weight excluding hydrogens is 324 g/mol. The Morgan fingerprint density at radius 1 is 1.15 bits per heavy atom. The van der Waals surface area contributed by atoms with E-state index in [1.54, 1.807) is 0 Å². The smallest absolute Gasteiger partial charge is 0.249 e. The molecule has 0 fully saturated rings. The molecule has 0 aliphatic carbocycles. The Bertz CT molecular complexity index is 901. The summed E-state index contributed by atoms with van der Waals surface area (Å²) in [5.74, 6) is 0.0647. The zero-order chi connectivity index (χ0) is 17.9. The first-order valence-corrected chi connectivity index (χ1v) is 9.24. The molecule has 1 amide bonds. The molecule has 1 N–H and O–H groups in total. The Kier molecular flexibility index (Phi) is 4.76. The number of para-hydroxylation sites is 1. The van der Waals surface area contributed by atoms with Crippen LogP contribution in [-0.2, 0) is 22.4 Å². The third-order valence-electron chi connectivity index (χ3n) is 5.26. The van der Waals surface area contributed by atoms with Crippen LogP contribution in [0.5, 0.6) is 0 Å². The van der Waals surface area contributed by atoms with Crippen molar-refractivity contribution in [2.45, 2.75) is 25.8 Å². The number of carbonyl (C=O) groups excluding carboxylic acids is 1. The number of hydrogen-bond donors (Lipinski definition) is 1. The van der Waals surface area contributed by atoms with Crippen LogP contribution in [0.2, 0.25) is 0 Å². The van der Waals surface area contributed by atoms with Crippen LogP contribution in [0.25, 0.3) is 10.9 Å². The summed E-state index contributed by atoms with van der Waals surface area (Å²) < 4.78 is 5.65. The zero-order valence-electron chi connectivity index (χ0n) is 15.1. The van der Waals surface area contributed by atoms with Gasteiger partial charge in [0.25, 0.3) is 0 Å². The molecule has 0 bridgehead atoms. The Labute approximate surface area is 153 Å². The van der Waals surface area contributed by atoms with Crippen LogP contribution >= 0.6 is 0 Å². The van der Waals surface area contributed by atoms with Crippen LogP contribution < -0.4 is 0 Å². The largest absolute Gasteiger partial charge is 0.371 e. The second-order valence-corrected chi connectivity index (χ2v) is 6.86. The fourth-order valence-electron chi connectivity index (χ4n) is 3.85. The second kappa shape index (κ2) is 7.34. The number of aromatic amines is 1. The highest BCUT2D eigenvalue weighted by molar-refractivity contribution is 5.86. The van der Waals surface area contributed by atoms with E-state index in [9.17, 15) is 4.79 Å². The van der Waals surface area contributed by atoms with Gasteiger partial charge >= 0.3 is 0 Å². The predicted octanol–water partition coefficient (Wildman–Crippen LogP) is 3.87. The Morgan fingerprint density at radius 3 is 2.77 bits per heavy atom. The van der Waals surface area contributed by atoms with Crippen LogP contribution in [0.15, 0.2) is 54.6 Å². The molecule has 0 radical (unpaired) electrons. The van der Waals surface area contributed by atoms with E-state index in [4.69, 9.17) is 4.74 Å². The van der Waals surface area contributed by atoms with Crippen molar-refractivity contribution in [3.05, 3.63) is 71.4 Å². The molecule has 3 aromatic rings. The SMILES string of the molecule is CC1c2[nH]c3ccccc3c2CCN1C(=O)COCCc1ccccc1. The van der Waals surface area contributed by atoms with Crippen LogP contribution in [0.1, 0.15) is 29.8 Å². The maximum Gasteiger partial charge on any atom is 0.249 e. The highest BCUT2D eigenvalue weighted by Crippen LogP contribution is 2.34. The fourth-order valence-corrected chi connectivity index (χ4v) is 3.85. The summed E-state index contributed by atoms with van der Waals surface area (Å²) in [6.07, 6.45) is 1.72. The average molecular weight is 348 g/mol. The Balaban J connectivity index is 1.37. The van der Waals surface area contributed by atoms with Crippen LogP contribution in [0.4, 0.5) is 0 Å². The number of amides is 1. The Morgan fingerprint density at radius 2 is 1.92 bits per heavy atom. The standard InChI is InChI=1S/C22H24N2O2/c1-16-22-19(18-9-5-6-10-20(18)23-22)11-13-24(16)21(25)15-26-14-12-17-7-3-2-4-8-17/h2-10,16,23H,11-15H2,1H3. The van der Waals surface area contributed by atoms with Gasteiger partial charge in [-0.25, -0.2) is 0 Å². The minimum absolute atomic E-state index is 0.0522. The highest BCUT2D eigenvalue weighted by atomic mass is 16.5. The monoisotopic (exact) mass is 348 g/mol. The summed E-state index contributed by atoms with van der Waals surface area (Å²) in [4.78, 5) is 18.1. The molecule has 1 aromatic heterocycles. The lowest BCUT2D eigenvalue weighted by molar-refractivity contribution is -0.138. The summed E-state index contributed by atoms with van der Waals surface area (Å²) in [7, 11) is 0. The number of nitrogens with one attached hydrogen (secondary N) is 1. The molecule has 2 aromatic carbocycles. The fraction of sp³-hybridized carbons (Fsp3) is 0.318. The number of aromatic nitrogens is 1. The minimum atomic E-state index is 0.0522. The van der Waals surface area contributed by atoms with Crippen molar-refractivity contribution >= 4 is 16.8 Å². The van der Waals surface area contributed by atoms with Crippen LogP contribution in [0, 0.1) is 0 Å². The van der Waals surface area contributed by atoms with Gasteiger partial charge in [0.2, 0.25) is 5.91 Å². The van der Waals surface area contributed by atoms with Crippen LogP contribution in [-0.4, -0.2) is 35.5 Å². The molecule has 26 heavy (non-hydrogen) atoms. The molecule has 4 heteroatoms. The third-order valence-corrected chi connectivity index (χ3v) is 5.26. The number of rotatable bonds is 5. The molecule has 0 saturated heterocycles. The minimum Gasteiger partial charge on any atom is -0.371 e. The van der Waals surface area contributed by atoms with Gasteiger partial charge in [-0.3, -0.25) is 4.79 Å². The number of ether oxygens (including phenoxy) is 1. The first-order valence-electron chi connectivity index (χ1n) is 9.24. The van der Waals surface area contributed by atoms with Crippen molar-refractivity contribution < 1.29 is 9.53 Å². The zero-order valence-corrected chi connectivity index (χ0v) is 15.1. The van der Waals surface area contributed by atoms with Crippen molar-refractivity contribution in [3.8, 4) is 0 Å². The molecule has 134 valence electrons. The summed E-state index contributed by atoms with van der Waals surface area (Å²) in [5, 5.41) is 1.28. The van der Waals surface area contributed by atoms with Crippen molar-refractivity contribution in [1.82, 2.24) is 9.88 Å². The van der Waals surface area contributed by atoms with E-state index in [1.165, 1.54) is 16.5 Å². The number of fused-ring (bicyclic) bond motifs is 3. The summed E-state index contributed by atoms with van der Waals surface area (Å²) >= 11 is 0. The summed E-state index contributed by atoms with van der Waals surface area (Å²) in [6, 6.07) is 18.6. The van der Waals surface area contributed by atoms with Gasteiger partial charge in [0, 0.05) is 23.1 Å². The number of benzene rings is 2. The summed E-state index contributed by atoms with van der Waals surface area (Å²) in [5.41, 5.74) is 4.89. The molecule has 2 heterocycles. The third kappa shape index (κ3) is 3.25. The van der Waals surface area contributed by atoms with Gasteiger partial charge in [0.05, 0.1) is 12.6 Å². The topological polar surface area (TPSA) is 45.3 Å². The van der Waals surface area contributed by atoms with Gasteiger partial charge in [-0.2, -0.15) is 0 Å². The molecular formula is C22H24N2O2. The maximum absolute atomic E-state index is 12.6. The molecule has 1 aliphatic rings. The van der Waals surface area contributed by atoms with Crippen molar-refractivity contribution in [1.29, 1.82) is 0 Å². The molecule has 0 spiro atoms. The van der Waals surface area contributed by atoms with E-state index >= 15 is 0 Å². The van der Waals surface area contributed by atoms with Gasteiger partial charge in [0.15, 0.2) is 0 Å². The number of nitrogens with zero attached hydrogens (tertiary/aromatic N) is 1. The van der Waals surface area contributed by atoms with Crippen LogP contribution in [0.3, 0.4) is 0 Å². The molecule has 4 nitrogen and oxygen atoms in total. The normalized spacial score (nSPS) is 16.7. The van der Waals surface area contributed by atoms with E-state index in [0.717, 1.165) is 30.6 Å². The average Bonchev–Trinajstić information content (AvgIpc) is 3.06. The maximum atomic E-state index is 12.6. The van der Waals surface area contributed by atoms with Gasteiger partial charge in [-0.15, -0.1) is 0 Å². The van der Waals surface area contributed by atoms with Crippen molar-refractivity contribution in [2.24, 2.45) is 0 Å². The van der Waals surface area contributed by atoms with Gasteiger partial charge < -0.3 is 14.6 Å². The molecule has 1 atom stereocenters. The highest BCUT2D eigenvalue weighted by Gasteiger charge is 2.30. The first kappa shape index (κ1) is 16.9. The Hall–Kier alpha value is -2.59. The van der Waals surface area contributed by atoms with Crippen molar-refractivity contribution in [3.63, 3.8) is 0 Å². The predicted molar refractivity (Wildman–Crippen MR) is 103 cm³/mol. The van der Waals surface area contributed by atoms with E-state index < -0.39 is 0 Å². The molecule has 4 rings (SSSR count). The summed E-state index contributed by atoms with van der Waals surface area (Å²) in [6.45, 7) is 3.55. The van der Waals surface area contributed by atoms with Crippen molar-refractivity contribution in [2.75, 3.05) is 19.8 Å². The lowest BCUT2D eigenvalue weighted by atomic mass is 9.98. The second-order valence-electron chi connectivity index (χ2n) is 6.86. The number of hydrogen-bond acceptors (Lipinski definition) is 2. The van der Waals surface area contributed by atoms with E-state index in [-0.39, 0.29) is 18.6 Å². The number of H-pyrrole nitrogens is 1. The first-order chi connectivity index (χ1) is 12.7. The molecule has 1 unspecified atom stereocenters. The number of carbonyl (C=O) groups is 1. The van der Waals surface area contributed by atoms with E-state index in [2.05, 4.69) is 42.2 Å².